The van der Waals surface area contributed by atoms with E-state index in [1.165, 1.54) is 38.5 Å². The molecular weight excluding hydrogens is 402 g/mol. The third-order valence-corrected chi connectivity index (χ3v) is 6.69. The first-order valence-corrected chi connectivity index (χ1v) is 12.1. The molecule has 0 aliphatic carbocycles. The summed E-state index contributed by atoms with van der Waals surface area (Å²) < 4.78 is 0. The summed E-state index contributed by atoms with van der Waals surface area (Å²) in [5, 5.41) is 7.68. The van der Waals surface area contributed by atoms with Crippen LogP contribution in [0.25, 0.3) is 0 Å². The van der Waals surface area contributed by atoms with Crippen LogP contribution in [0.3, 0.4) is 0 Å². The number of nitrogens with one attached hydrogen (secondary N) is 2. The van der Waals surface area contributed by atoms with Gasteiger partial charge in [0.1, 0.15) is 11.7 Å². The normalized spacial score (nSPS) is 21.4. The highest BCUT2D eigenvalue weighted by atomic mass is 32.1. The van der Waals surface area contributed by atoms with Crippen LogP contribution in [0.5, 0.6) is 0 Å². The molecule has 2 aliphatic rings. The molecule has 0 radical (unpaired) electrons. The van der Waals surface area contributed by atoms with E-state index < -0.39 is 5.54 Å². The number of carbonyl (C=O) groups excluding carboxylic acids is 1. The third kappa shape index (κ3) is 6.01. The second kappa shape index (κ2) is 11.4. The zero-order valence-corrected chi connectivity index (χ0v) is 20.3. The van der Waals surface area contributed by atoms with E-state index in [2.05, 4.69) is 34.3 Å². The predicted octanol–water partition coefficient (Wildman–Crippen LogP) is 3.07. The zero-order chi connectivity index (χ0) is 21.4. The van der Waals surface area contributed by atoms with Crippen molar-refractivity contribution in [1.82, 2.24) is 25.3 Å². The van der Waals surface area contributed by atoms with Crippen molar-refractivity contribution in [2.75, 3.05) is 32.7 Å². The van der Waals surface area contributed by atoms with Gasteiger partial charge in [0.2, 0.25) is 0 Å². The largest absolute Gasteiger partial charge is 0.349 e. The number of hydrogen-bond acceptors (Lipinski definition) is 4. The fraction of sp³-hybridized carbons (Fsp3) is 0.857. The van der Waals surface area contributed by atoms with Crippen LogP contribution in [0.15, 0.2) is 0 Å². The number of unbranched alkanes of at least 4 members (excludes halogenated alkanes) is 5. The van der Waals surface area contributed by atoms with Gasteiger partial charge >= 0.3 is 0 Å². The van der Waals surface area contributed by atoms with Crippen LogP contribution >= 0.6 is 24.4 Å². The number of carbonyl (C=O) groups is 1. The van der Waals surface area contributed by atoms with E-state index in [0.29, 0.717) is 5.11 Å². The van der Waals surface area contributed by atoms with Crippen LogP contribution in [-0.4, -0.2) is 75.3 Å². The third-order valence-electron chi connectivity index (χ3n) is 5.90. The Morgan fingerprint density at radius 1 is 1.14 bits per heavy atom. The first-order valence-electron chi connectivity index (χ1n) is 11.3. The maximum Gasteiger partial charge on any atom is 0.251 e. The lowest BCUT2D eigenvalue weighted by atomic mass is 10.0. The Balaban J connectivity index is 2.05. The Morgan fingerprint density at radius 3 is 2.45 bits per heavy atom. The van der Waals surface area contributed by atoms with Crippen LogP contribution in [-0.2, 0) is 4.79 Å². The molecule has 2 rings (SSSR count). The second-order valence-electron chi connectivity index (χ2n) is 8.60. The van der Waals surface area contributed by atoms with Crippen LogP contribution in [0.1, 0.15) is 72.6 Å². The van der Waals surface area contributed by atoms with E-state index in [1.54, 1.807) is 0 Å². The minimum atomic E-state index is -0.677. The highest BCUT2D eigenvalue weighted by molar-refractivity contribution is 7.80. The topological polar surface area (TPSA) is 50.9 Å². The molecular formula is C21H39N5OS2. The summed E-state index contributed by atoms with van der Waals surface area (Å²) in [7, 11) is 0. The van der Waals surface area contributed by atoms with Crippen molar-refractivity contribution in [1.29, 1.82) is 0 Å². The average molecular weight is 442 g/mol. The van der Waals surface area contributed by atoms with Gasteiger partial charge in [-0.2, -0.15) is 0 Å². The molecule has 2 heterocycles. The number of rotatable bonds is 10. The molecule has 2 aliphatic heterocycles. The minimum absolute atomic E-state index is 0.0450. The summed E-state index contributed by atoms with van der Waals surface area (Å²) in [6.07, 6.45) is 8.70. The second-order valence-corrected chi connectivity index (χ2v) is 9.36. The van der Waals surface area contributed by atoms with Gasteiger partial charge in [-0.05, 0) is 51.1 Å². The fourth-order valence-electron chi connectivity index (χ4n) is 4.16. The first kappa shape index (κ1) is 24.3. The lowest BCUT2D eigenvalue weighted by Crippen LogP contribution is -2.66. The molecule has 1 unspecified atom stereocenters. The molecule has 6 nitrogen and oxygen atoms in total. The number of amides is 1. The number of piperazine rings is 1. The first-order chi connectivity index (χ1) is 13.8. The van der Waals surface area contributed by atoms with Gasteiger partial charge in [-0.15, -0.1) is 0 Å². The summed E-state index contributed by atoms with van der Waals surface area (Å²) in [5.74, 6) is -0.0450. The van der Waals surface area contributed by atoms with Crippen LogP contribution in [0, 0.1) is 0 Å². The van der Waals surface area contributed by atoms with E-state index in [4.69, 9.17) is 24.4 Å². The van der Waals surface area contributed by atoms with Gasteiger partial charge in [0.05, 0.1) is 0 Å². The fourth-order valence-corrected chi connectivity index (χ4v) is 5.00. The molecule has 2 saturated heterocycles. The standard InChI is InChI=1S/C21H39N5OS2/c1-5-7-8-9-10-11-14-24(13-6-2)20(29)25-15-12-22-16-17(25)26-19(28)23-18(27)21(26,3)4/h17,22H,5-16H2,1-4H3,(H,23,27,28). The van der Waals surface area contributed by atoms with E-state index in [0.717, 1.165) is 44.3 Å². The highest BCUT2D eigenvalue weighted by Gasteiger charge is 2.49. The highest BCUT2D eigenvalue weighted by Crippen LogP contribution is 2.27. The number of thiocarbonyl (C=S) groups is 2. The van der Waals surface area contributed by atoms with Crippen molar-refractivity contribution in [2.45, 2.75) is 84.3 Å². The average Bonchev–Trinajstić information content (AvgIpc) is 2.89. The summed E-state index contributed by atoms with van der Waals surface area (Å²) >= 11 is 11.5. The van der Waals surface area contributed by atoms with Crippen LogP contribution in [0.4, 0.5) is 0 Å². The summed E-state index contributed by atoms with van der Waals surface area (Å²) in [6.45, 7) is 12.7. The molecule has 166 valence electrons. The summed E-state index contributed by atoms with van der Waals surface area (Å²) in [5.41, 5.74) is -0.677. The van der Waals surface area contributed by atoms with Crippen molar-refractivity contribution in [3.8, 4) is 0 Å². The lowest BCUT2D eigenvalue weighted by molar-refractivity contribution is -0.126. The number of hydrogen-bond donors (Lipinski definition) is 2. The Hall–Kier alpha value is -0.990. The zero-order valence-electron chi connectivity index (χ0n) is 18.6. The molecule has 2 N–H and O–H groups in total. The van der Waals surface area contributed by atoms with Crippen molar-refractivity contribution in [3.05, 3.63) is 0 Å². The maximum absolute atomic E-state index is 12.4. The minimum Gasteiger partial charge on any atom is -0.349 e. The predicted molar refractivity (Wildman–Crippen MR) is 128 cm³/mol. The molecule has 0 aromatic carbocycles. The van der Waals surface area contributed by atoms with Gasteiger partial charge in [-0.25, -0.2) is 0 Å². The SMILES string of the molecule is CCCCCCCCN(CCC)C(=S)N1CCNCC1N1C(=S)NC(=O)C1(C)C. The quantitative estimate of drug-likeness (QED) is 0.399. The lowest BCUT2D eigenvalue weighted by Gasteiger charge is -2.48. The summed E-state index contributed by atoms with van der Waals surface area (Å²) in [6, 6.07) is 0. The van der Waals surface area contributed by atoms with Gasteiger partial charge in [-0.3, -0.25) is 4.79 Å². The molecule has 1 amide bonds. The molecule has 0 saturated carbocycles. The summed E-state index contributed by atoms with van der Waals surface area (Å²) in [4.78, 5) is 19.1. The molecule has 29 heavy (non-hydrogen) atoms. The van der Waals surface area contributed by atoms with Gasteiger partial charge < -0.3 is 25.3 Å². The van der Waals surface area contributed by atoms with Crippen molar-refractivity contribution in [3.63, 3.8) is 0 Å². The molecule has 0 aromatic heterocycles. The monoisotopic (exact) mass is 441 g/mol. The van der Waals surface area contributed by atoms with Gasteiger partial charge in [0.15, 0.2) is 10.2 Å². The molecule has 0 bridgehead atoms. The van der Waals surface area contributed by atoms with Crippen molar-refractivity contribution < 1.29 is 4.79 Å². The Labute approximate surface area is 187 Å². The van der Waals surface area contributed by atoms with Gasteiger partial charge in [0, 0.05) is 32.7 Å². The van der Waals surface area contributed by atoms with Crippen molar-refractivity contribution in [2.24, 2.45) is 0 Å². The Kier molecular flexibility index (Phi) is 9.56. The van der Waals surface area contributed by atoms with Gasteiger partial charge in [0.25, 0.3) is 5.91 Å². The van der Waals surface area contributed by atoms with Crippen LogP contribution < -0.4 is 10.6 Å². The molecule has 8 heteroatoms. The smallest absolute Gasteiger partial charge is 0.251 e. The molecule has 0 spiro atoms. The number of nitrogens with zero attached hydrogens (tertiary/aromatic N) is 3. The molecule has 2 fully saturated rings. The molecule has 0 aromatic rings. The Bertz CT molecular complexity index is 583. The van der Waals surface area contributed by atoms with Gasteiger partial charge in [-0.1, -0.05) is 46.0 Å². The van der Waals surface area contributed by atoms with E-state index in [1.807, 2.05) is 18.7 Å². The maximum atomic E-state index is 12.4. The van der Waals surface area contributed by atoms with Crippen LogP contribution in [0.2, 0.25) is 0 Å². The molecule has 1 atom stereocenters. The Morgan fingerprint density at radius 2 is 1.83 bits per heavy atom. The van der Waals surface area contributed by atoms with E-state index in [9.17, 15) is 4.79 Å². The van der Waals surface area contributed by atoms with E-state index in [-0.39, 0.29) is 12.1 Å². The van der Waals surface area contributed by atoms with Crippen molar-refractivity contribution >= 4 is 40.6 Å². The van der Waals surface area contributed by atoms with E-state index >= 15 is 0 Å².